The van der Waals surface area contributed by atoms with Gasteiger partial charge in [0, 0.05) is 0 Å². The van der Waals surface area contributed by atoms with Crippen LogP contribution in [-0.2, 0) is 4.79 Å². The van der Waals surface area contributed by atoms with Crippen LogP contribution >= 0.6 is 0 Å². The number of amides is 1. The van der Waals surface area contributed by atoms with E-state index in [0.29, 0.717) is 5.56 Å². The third-order valence-corrected chi connectivity index (χ3v) is 1.52. The Balaban J connectivity index is 2.54. The molecule has 3 N–H and O–H groups in total. The molecule has 1 aromatic rings. The molecule has 0 aliphatic rings. The quantitative estimate of drug-likeness (QED) is 0.657. The van der Waals surface area contributed by atoms with Crippen molar-refractivity contribution in [2.75, 3.05) is 6.54 Å². The summed E-state index contributed by atoms with van der Waals surface area (Å²) in [4.78, 5) is 21.4. The second-order valence-electron chi connectivity index (χ2n) is 2.53. The lowest BCUT2D eigenvalue weighted by Crippen LogP contribution is -2.89. The van der Waals surface area contributed by atoms with Crippen molar-refractivity contribution in [2.45, 2.75) is 0 Å². The van der Waals surface area contributed by atoms with Crippen LogP contribution in [-0.4, -0.2) is 23.5 Å². The minimum atomic E-state index is -0.996. The number of hydrogen-bond acceptors (Lipinski definition) is 2. The maximum Gasteiger partial charge on any atom is 0.359 e. The van der Waals surface area contributed by atoms with Crippen molar-refractivity contribution in [2.24, 2.45) is 0 Å². The Hall–Kier alpha value is -1.68. The van der Waals surface area contributed by atoms with Gasteiger partial charge >= 0.3 is 11.9 Å². The van der Waals surface area contributed by atoms with Crippen LogP contribution in [0, 0.1) is 0 Å². The zero-order valence-electron chi connectivity index (χ0n) is 6.93. The van der Waals surface area contributed by atoms with Gasteiger partial charge in [-0.3, -0.25) is 5.32 Å². The predicted molar refractivity (Wildman–Crippen MR) is 45.2 cm³/mol. The van der Waals surface area contributed by atoms with Gasteiger partial charge in [-0.15, -0.1) is 0 Å². The number of aliphatic carboxylic acids is 1. The zero-order chi connectivity index (χ0) is 9.68. The van der Waals surface area contributed by atoms with Gasteiger partial charge < -0.3 is 5.11 Å². The van der Waals surface area contributed by atoms with Crippen LogP contribution < -0.4 is 5.32 Å². The number of benzene rings is 1. The van der Waals surface area contributed by atoms with E-state index in [4.69, 9.17) is 5.11 Å². The standard InChI is InChI=1S/C9H9NO3/c11-8(12)6-10-9(13)7-4-2-1-3-5-7/h1-5H,6H2,(H,10,13)(H,11,12)/p+1. The Bertz CT molecular complexity index is 308. The highest BCUT2D eigenvalue weighted by Crippen LogP contribution is 1.94. The molecule has 68 valence electrons. The van der Waals surface area contributed by atoms with Crippen molar-refractivity contribution < 1.29 is 20.0 Å². The predicted octanol–water partition coefficient (Wildman–Crippen LogP) is -0.525. The van der Waals surface area contributed by atoms with E-state index in [0.717, 1.165) is 5.32 Å². The summed E-state index contributed by atoms with van der Waals surface area (Å²) in [7, 11) is 0. The highest BCUT2D eigenvalue weighted by Gasteiger charge is 2.10. The average molecular weight is 180 g/mol. The molecule has 13 heavy (non-hydrogen) atoms. The number of carbonyl (C=O) groups excluding carboxylic acids is 1. The fourth-order valence-electron chi connectivity index (χ4n) is 0.900. The van der Waals surface area contributed by atoms with E-state index < -0.39 is 5.97 Å². The van der Waals surface area contributed by atoms with Gasteiger partial charge in [-0.2, -0.15) is 0 Å². The number of carboxylic acid groups (broad SMARTS) is 1. The number of hydrogen-bond donors (Lipinski definition) is 2. The maximum absolute atomic E-state index is 11.2. The van der Waals surface area contributed by atoms with Gasteiger partial charge in [0.15, 0.2) is 6.54 Å². The summed E-state index contributed by atoms with van der Waals surface area (Å²) in [5.74, 6) is -1.24. The number of carboxylic acids is 1. The second kappa shape index (κ2) is 4.37. The monoisotopic (exact) mass is 180 g/mol. The number of primary amides is 1. The van der Waals surface area contributed by atoms with E-state index in [1.54, 1.807) is 30.3 Å². The van der Waals surface area contributed by atoms with E-state index >= 15 is 0 Å². The molecule has 0 saturated heterocycles. The SMILES string of the molecule is O=C(O)C[NH2+]C(=O)c1ccccc1. The molecule has 0 aliphatic heterocycles. The Kier molecular flexibility index (Phi) is 3.16. The van der Waals surface area contributed by atoms with E-state index in [9.17, 15) is 9.59 Å². The molecule has 0 heterocycles. The smallest absolute Gasteiger partial charge is 0.359 e. The minimum absolute atomic E-state index is 0.228. The van der Waals surface area contributed by atoms with Crippen LogP contribution in [0.1, 0.15) is 10.4 Å². The van der Waals surface area contributed by atoms with E-state index in [1.165, 1.54) is 0 Å². The summed E-state index contributed by atoms with van der Waals surface area (Å²) in [6, 6.07) is 8.58. The molecule has 1 rings (SSSR count). The van der Waals surface area contributed by atoms with Gasteiger partial charge in [-0.25, -0.2) is 9.59 Å². The number of carbonyl (C=O) groups is 2. The Morgan fingerprint density at radius 3 is 2.38 bits per heavy atom. The van der Waals surface area contributed by atoms with Gasteiger partial charge in [-0.1, -0.05) is 18.2 Å². The average Bonchev–Trinajstić information content (AvgIpc) is 2.15. The second-order valence-corrected chi connectivity index (χ2v) is 2.53. The first-order valence-corrected chi connectivity index (χ1v) is 3.84. The molecular formula is C9H10NO3+. The first kappa shape index (κ1) is 9.41. The molecule has 1 aromatic carbocycles. The molecule has 4 heteroatoms. The third kappa shape index (κ3) is 3.04. The molecule has 0 fully saturated rings. The van der Waals surface area contributed by atoms with Gasteiger partial charge in [0.2, 0.25) is 0 Å². The lowest BCUT2D eigenvalue weighted by atomic mass is 10.2. The van der Waals surface area contributed by atoms with Gasteiger partial charge in [0.25, 0.3) is 0 Å². The molecule has 0 aromatic heterocycles. The summed E-state index contributed by atoms with van der Waals surface area (Å²) in [6.45, 7) is -0.228. The molecular weight excluding hydrogens is 170 g/mol. The van der Waals surface area contributed by atoms with Crippen LogP contribution in [0.2, 0.25) is 0 Å². The largest absolute Gasteiger partial charge is 0.477 e. The van der Waals surface area contributed by atoms with E-state index in [2.05, 4.69) is 0 Å². The Morgan fingerprint density at radius 2 is 1.85 bits per heavy atom. The van der Waals surface area contributed by atoms with E-state index in [1.807, 2.05) is 0 Å². The summed E-state index contributed by atoms with van der Waals surface area (Å²) in [5, 5.41) is 9.49. The number of nitrogens with two attached hydrogens (primary N) is 1. The van der Waals surface area contributed by atoms with Crippen molar-refractivity contribution in [1.82, 2.24) is 0 Å². The molecule has 0 bridgehead atoms. The van der Waals surface area contributed by atoms with Gasteiger partial charge in [0.05, 0.1) is 5.56 Å². The molecule has 0 aliphatic carbocycles. The van der Waals surface area contributed by atoms with Gasteiger partial charge in [0.1, 0.15) is 0 Å². The molecule has 0 radical (unpaired) electrons. The zero-order valence-corrected chi connectivity index (χ0v) is 6.93. The fourth-order valence-corrected chi connectivity index (χ4v) is 0.900. The van der Waals surface area contributed by atoms with Crippen LogP contribution in [0.4, 0.5) is 0 Å². The van der Waals surface area contributed by atoms with Crippen LogP contribution in [0.25, 0.3) is 0 Å². The number of rotatable bonds is 3. The Labute approximate surface area is 75.2 Å². The van der Waals surface area contributed by atoms with Gasteiger partial charge in [-0.05, 0) is 12.1 Å². The lowest BCUT2D eigenvalue weighted by Gasteiger charge is -1.95. The summed E-state index contributed by atoms with van der Waals surface area (Å²) in [6.07, 6.45) is 0. The van der Waals surface area contributed by atoms with Crippen LogP contribution in [0.5, 0.6) is 0 Å². The Morgan fingerprint density at radius 1 is 1.23 bits per heavy atom. The molecule has 0 unspecified atom stereocenters. The minimum Gasteiger partial charge on any atom is -0.477 e. The summed E-state index contributed by atoms with van der Waals surface area (Å²) in [5.41, 5.74) is 0.517. The third-order valence-electron chi connectivity index (χ3n) is 1.52. The fraction of sp³-hybridized carbons (Fsp3) is 0.111. The molecule has 0 saturated carbocycles. The summed E-state index contributed by atoms with van der Waals surface area (Å²) >= 11 is 0. The first-order valence-electron chi connectivity index (χ1n) is 3.84. The van der Waals surface area contributed by atoms with Crippen molar-refractivity contribution >= 4 is 11.9 Å². The highest BCUT2D eigenvalue weighted by molar-refractivity contribution is 5.87. The molecule has 4 nitrogen and oxygen atoms in total. The van der Waals surface area contributed by atoms with Crippen LogP contribution in [0.3, 0.4) is 0 Å². The topological polar surface area (TPSA) is 71.0 Å². The van der Waals surface area contributed by atoms with Crippen molar-refractivity contribution in [3.8, 4) is 0 Å². The van der Waals surface area contributed by atoms with Crippen molar-refractivity contribution in [1.29, 1.82) is 0 Å². The highest BCUT2D eigenvalue weighted by atomic mass is 16.4. The lowest BCUT2D eigenvalue weighted by molar-refractivity contribution is -0.544. The van der Waals surface area contributed by atoms with Crippen molar-refractivity contribution in [3.63, 3.8) is 0 Å². The first-order chi connectivity index (χ1) is 6.20. The number of quaternary nitrogens is 1. The van der Waals surface area contributed by atoms with E-state index in [-0.39, 0.29) is 12.5 Å². The van der Waals surface area contributed by atoms with Crippen LogP contribution in [0.15, 0.2) is 30.3 Å². The normalized spacial score (nSPS) is 9.54. The summed E-state index contributed by atoms with van der Waals surface area (Å²) < 4.78 is 0. The molecule has 0 atom stereocenters. The molecule has 1 amide bonds. The maximum atomic E-state index is 11.2. The molecule has 0 spiro atoms. The van der Waals surface area contributed by atoms with Crippen molar-refractivity contribution in [3.05, 3.63) is 35.9 Å².